The zero-order chi connectivity index (χ0) is 22.2. The van der Waals surface area contributed by atoms with E-state index in [1.165, 1.54) is 10.8 Å². The molecule has 0 unspecified atom stereocenters. The van der Waals surface area contributed by atoms with Gasteiger partial charge in [-0.25, -0.2) is 27.2 Å². The summed E-state index contributed by atoms with van der Waals surface area (Å²) in [6, 6.07) is 4.35. The van der Waals surface area contributed by atoms with E-state index in [4.69, 9.17) is 4.74 Å². The van der Waals surface area contributed by atoms with Crippen molar-refractivity contribution in [1.29, 1.82) is 0 Å². The zero-order valence-corrected chi connectivity index (χ0v) is 17.5. The van der Waals surface area contributed by atoms with E-state index in [1.54, 1.807) is 13.1 Å². The summed E-state index contributed by atoms with van der Waals surface area (Å²) in [4.78, 5) is 20.3. The van der Waals surface area contributed by atoms with Crippen LogP contribution in [0.5, 0.6) is 11.5 Å². The molecule has 0 radical (unpaired) electrons. The van der Waals surface area contributed by atoms with Crippen LogP contribution in [0.3, 0.4) is 0 Å². The molecule has 0 saturated carbocycles. The van der Waals surface area contributed by atoms with Crippen molar-refractivity contribution in [3.8, 4) is 22.8 Å². The van der Waals surface area contributed by atoms with Crippen molar-refractivity contribution in [2.24, 2.45) is 7.05 Å². The molecule has 3 rings (SSSR count). The van der Waals surface area contributed by atoms with Crippen LogP contribution in [0.25, 0.3) is 11.3 Å². The number of aryl methyl sites for hydroxylation is 1. The lowest BCUT2D eigenvalue weighted by atomic mass is 10.0. The first-order valence-corrected chi connectivity index (χ1v) is 10.8. The molecule has 0 atom stereocenters. The Morgan fingerprint density at radius 1 is 1.13 bits per heavy atom. The maximum absolute atomic E-state index is 14.1. The lowest BCUT2D eigenvalue weighted by Gasteiger charge is -2.14. The molecule has 0 aliphatic carbocycles. The van der Waals surface area contributed by atoms with E-state index in [0.29, 0.717) is 17.2 Å². The van der Waals surface area contributed by atoms with Crippen molar-refractivity contribution in [2.45, 2.75) is 24.9 Å². The van der Waals surface area contributed by atoms with Gasteiger partial charge in [-0.05, 0) is 24.1 Å². The van der Waals surface area contributed by atoms with Crippen LogP contribution in [0.1, 0.15) is 25.3 Å². The Bertz CT molecular complexity index is 1290. The van der Waals surface area contributed by atoms with Crippen molar-refractivity contribution < 1.29 is 21.9 Å². The van der Waals surface area contributed by atoms with Gasteiger partial charge in [0.2, 0.25) is 15.0 Å². The van der Waals surface area contributed by atoms with Crippen LogP contribution >= 0.6 is 0 Å². The van der Waals surface area contributed by atoms with Crippen LogP contribution in [0.4, 0.5) is 8.78 Å². The molecule has 30 heavy (non-hydrogen) atoms. The summed E-state index contributed by atoms with van der Waals surface area (Å²) in [5.74, 6) is -2.18. The molecule has 0 aliphatic rings. The first-order chi connectivity index (χ1) is 14.0. The number of rotatable bonds is 5. The molecule has 0 amide bonds. The second kappa shape index (κ2) is 7.94. The molecule has 3 aromatic rings. The summed E-state index contributed by atoms with van der Waals surface area (Å²) in [6.45, 7) is 3.68. The fourth-order valence-electron chi connectivity index (χ4n) is 2.77. The van der Waals surface area contributed by atoms with Gasteiger partial charge in [-0.2, -0.15) is 0 Å². The van der Waals surface area contributed by atoms with Crippen LogP contribution in [0, 0.1) is 11.6 Å². The van der Waals surface area contributed by atoms with Crippen LogP contribution in [-0.4, -0.2) is 29.2 Å². The highest BCUT2D eigenvalue weighted by Crippen LogP contribution is 2.33. The highest BCUT2D eigenvalue weighted by Gasteiger charge is 2.20. The molecule has 0 N–H and O–H groups in total. The van der Waals surface area contributed by atoms with Crippen LogP contribution in [0.15, 0.2) is 46.6 Å². The predicted molar refractivity (Wildman–Crippen MR) is 106 cm³/mol. The second-order valence-corrected chi connectivity index (χ2v) is 8.98. The van der Waals surface area contributed by atoms with Crippen molar-refractivity contribution >= 4 is 9.84 Å². The molecule has 0 bridgehead atoms. The molecule has 10 heteroatoms. The Hall–Kier alpha value is -3.14. The Balaban J connectivity index is 2.24. The van der Waals surface area contributed by atoms with Crippen LogP contribution in [0.2, 0.25) is 0 Å². The van der Waals surface area contributed by atoms with Gasteiger partial charge in [-0.3, -0.25) is 4.79 Å². The van der Waals surface area contributed by atoms with E-state index in [1.807, 2.05) is 13.8 Å². The van der Waals surface area contributed by atoms with E-state index in [2.05, 4.69) is 9.97 Å². The predicted octanol–water partition coefficient (Wildman–Crippen LogP) is 3.44. The molecule has 2 aromatic heterocycles. The molecule has 2 heterocycles. The maximum Gasteiger partial charge on any atom is 0.253 e. The summed E-state index contributed by atoms with van der Waals surface area (Å²) in [6.07, 6.45) is 3.52. The van der Waals surface area contributed by atoms with E-state index in [9.17, 15) is 22.0 Å². The molecule has 7 nitrogen and oxygen atoms in total. The number of pyridine rings is 1. The number of hydrogen-bond acceptors (Lipinski definition) is 6. The fraction of sp³-hybridized carbons (Fsp3) is 0.250. The number of ether oxygens (including phenoxy) is 1. The van der Waals surface area contributed by atoms with Crippen molar-refractivity contribution in [3.05, 3.63) is 64.2 Å². The molecule has 0 spiro atoms. The molecule has 0 saturated heterocycles. The van der Waals surface area contributed by atoms with E-state index in [-0.39, 0.29) is 28.7 Å². The second-order valence-electron chi connectivity index (χ2n) is 7.07. The quantitative estimate of drug-likeness (QED) is 0.570. The van der Waals surface area contributed by atoms with Gasteiger partial charge in [0, 0.05) is 36.7 Å². The van der Waals surface area contributed by atoms with Gasteiger partial charge in [0.05, 0.1) is 6.20 Å². The third kappa shape index (κ3) is 4.38. The van der Waals surface area contributed by atoms with E-state index < -0.39 is 26.6 Å². The minimum Gasteiger partial charge on any atom is -0.450 e. The lowest BCUT2D eigenvalue weighted by molar-refractivity contribution is 0.434. The smallest absolute Gasteiger partial charge is 0.253 e. The summed E-state index contributed by atoms with van der Waals surface area (Å²) in [7, 11) is -2.20. The Labute approximate surface area is 171 Å². The van der Waals surface area contributed by atoms with Crippen molar-refractivity contribution in [3.63, 3.8) is 0 Å². The topological polar surface area (TPSA) is 91.2 Å². The molecule has 1 aromatic carbocycles. The normalized spacial score (nSPS) is 11.7. The van der Waals surface area contributed by atoms with Crippen LogP contribution in [-0.2, 0) is 16.9 Å². The van der Waals surface area contributed by atoms with Gasteiger partial charge in [0.15, 0.2) is 17.3 Å². The number of aromatic nitrogens is 3. The monoisotopic (exact) mass is 435 g/mol. The molecular weight excluding hydrogens is 416 g/mol. The minimum absolute atomic E-state index is 0.0478. The average molecular weight is 435 g/mol. The zero-order valence-electron chi connectivity index (χ0n) is 16.7. The average Bonchev–Trinajstić information content (AvgIpc) is 2.65. The third-order valence-corrected chi connectivity index (χ3v) is 5.15. The van der Waals surface area contributed by atoms with E-state index >= 15 is 0 Å². The highest BCUT2D eigenvalue weighted by atomic mass is 32.2. The van der Waals surface area contributed by atoms with Gasteiger partial charge in [-0.1, -0.05) is 13.8 Å². The summed E-state index contributed by atoms with van der Waals surface area (Å²) in [5, 5.41) is -0.454. The number of benzene rings is 1. The van der Waals surface area contributed by atoms with Gasteiger partial charge in [-0.15, -0.1) is 0 Å². The lowest BCUT2D eigenvalue weighted by Crippen LogP contribution is -2.21. The van der Waals surface area contributed by atoms with Crippen molar-refractivity contribution in [1.82, 2.24) is 14.5 Å². The summed E-state index contributed by atoms with van der Waals surface area (Å²) in [5.41, 5.74) is 0.698. The van der Waals surface area contributed by atoms with Gasteiger partial charge in [0.25, 0.3) is 5.56 Å². The first-order valence-electron chi connectivity index (χ1n) is 8.88. The first kappa shape index (κ1) is 21.6. The summed E-state index contributed by atoms with van der Waals surface area (Å²) >= 11 is 0. The fourth-order valence-corrected chi connectivity index (χ4v) is 3.27. The Kier molecular flexibility index (Phi) is 5.71. The van der Waals surface area contributed by atoms with Crippen LogP contribution < -0.4 is 10.3 Å². The molecule has 0 fully saturated rings. The number of nitrogens with zero attached hydrogens (tertiary/aromatic N) is 3. The molecule has 158 valence electrons. The number of sulfone groups is 1. The van der Waals surface area contributed by atoms with E-state index in [0.717, 1.165) is 24.6 Å². The largest absolute Gasteiger partial charge is 0.450 e. The molecule has 0 aliphatic heterocycles. The Morgan fingerprint density at radius 2 is 1.83 bits per heavy atom. The maximum atomic E-state index is 14.1. The highest BCUT2D eigenvalue weighted by molar-refractivity contribution is 7.90. The Morgan fingerprint density at radius 3 is 2.43 bits per heavy atom. The number of hydrogen-bond donors (Lipinski definition) is 0. The number of halogens is 2. The van der Waals surface area contributed by atoms with Gasteiger partial charge >= 0.3 is 0 Å². The standard InChI is InChI=1S/C20H19F2N3O4S/c1-11(2)14-7-12(10-25(3)19(14)26)18-17(9-23-20(24-18)30(4,27)28)29-16-6-5-13(21)8-15(16)22/h5-11H,1-4H3. The summed E-state index contributed by atoms with van der Waals surface area (Å²) < 4.78 is 58.1. The molecular formula is C20H19F2N3O4S. The third-order valence-electron chi connectivity index (χ3n) is 4.29. The van der Waals surface area contributed by atoms with Gasteiger partial charge in [0.1, 0.15) is 11.5 Å². The van der Waals surface area contributed by atoms with Gasteiger partial charge < -0.3 is 9.30 Å². The minimum atomic E-state index is -3.75. The SMILES string of the molecule is CC(C)c1cc(-c2nc(S(C)(=O)=O)ncc2Oc2ccc(F)cc2F)cn(C)c1=O. The van der Waals surface area contributed by atoms with Crippen molar-refractivity contribution in [2.75, 3.05) is 6.26 Å².